The second-order valence-corrected chi connectivity index (χ2v) is 3.67. The van der Waals surface area contributed by atoms with Crippen molar-refractivity contribution in [3.63, 3.8) is 0 Å². The number of rotatable bonds is 1. The average molecular weight is 218 g/mol. The maximum absolute atomic E-state index is 11.5. The molecule has 0 spiro atoms. The molecule has 4 heteroatoms. The molecule has 0 atom stereocenters. The van der Waals surface area contributed by atoms with Gasteiger partial charge in [0.2, 0.25) is 0 Å². The van der Waals surface area contributed by atoms with Crippen molar-refractivity contribution in [2.75, 3.05) is 0 Å². The van der Waals surface area contributed by atoms with Gasteiger partial charge in [0.1, 0.15) is 16.9 Å². The highest BCUT2D eigenvalue weighted by Crippen LogP contribution is 2.26. The molecule has 1 N–H and O–H groups in total. The van der Waals surface area contributed by atoms with E-state index in [1.165, 1.54) is 6.92 Å². The Balaban J connectivity index is 2.94. The van der Waals surface area contributed by atoms with Crippen LogP contribution in [0, 0.1) is 6.92 Å². The highest BCUT2D eigenvalue weighted by Gasteiger charge is 2.17. The summed E-state index contributed by atoms with van der Waals surface area (Å²) >= 11 is 0. The van der Waals surface area contributed by atoms with Crippen molar-refractivity contribution in [1.29, 1.82) is 0 Å². The molecule has 0 aliphatic heterocycles. The van der Waals surface area contributed by atoms with Crippen molar-refractivity contribution < 1.29 is 14.3 Å². The fraction of sp³-hybridized carbons (Fsp3) is 0.167. The molecule has 0 unspecified atom stereocenters. The largest absolute Gasteiger partial charge is 0.506 e. The van der Waals surface area contributed by atoms with Crippen LogP contribution in [0.5, 0.6) is 5.75 Å². The Labute approximate surface area is 91.1 Å². The Morgan fingerprint density at radius 2 is 2.06 bits per heavy atom. The molecule has 0 amide bonds. The molecule has 1 aromatic carbocycles. The molecule has 2 rings (SSSR count). The lowest BCUT2D eigenvalue weighted by Gasteiger charge is -2.03. The second kappa shape index (κ2) is 3.48. The third-order valence-corrected chi connectivity index (χ3v) is 2.39. The molecule has 1 aromatic heterocycles. The van der Waals surface area contributed by atoms with Crippen molar-refractivity contribution in [2.45, 2.75) is 13.8 Å². The van der Waals surface area contributed by atoms with Gasteiger partial charge in [0, 0.05) is 0 Å². The Bertz CT molecular complexity index is 637. The molecule has 0 aliphatic carbocycles. The van der Waals surface area contributed by atoms with Gasteiger partial charge in [0.25, 0.3) is 0 Å². The van der Waals surface area contributed by atoms with Crippen LogP contribution in [-0.4, -0.2) is 10.9 Å². The van der Waals surface area contributed by atoms with Gasteiger partial charge in [0.15, 0.2) is 5.78 Å². The Hall–Kier alpha value is -2.10. The first-order chi connectivity index (χ1) is 7.50. The van der Waals surface area contributed by atoms with Crippen LogP contribution in [0.1, 0.15) is 22.8 Å². The lowest BCUT2D eigenvalue weighted by atomic mass is 10.1. The zero-order valence-electron chi connectivity index (χ0n) is 8.90. The number of fused-ring (bicyclic) bond motifs is 1. The van der Waals surface area contributed by atoms with Crippen LogP contribution in [0.2, 0.25) is 0 Å². The van der Waals surface area contributed by atoms with E-state index in [1.54, 1.807) is 18.2 Å². The molecule has 0 saturated heterocycles. The predicted molar refractivity (Wildman–Crippen MR) is 58.9 cm³/mol. The number of benzene rings is 1. The number of carbonyl (C=O) groups excluding carboxylic acids is 1. The Morgan fingerprint density at radius 1 is 1.38 bits per heavy atom. The molecule has 0 bridgehead atoms. The monoisotopic (exact) mass is 218 g/mol. The number of aryl methyl sites for hydroxylation is 1. The first-order valence-electron chi connectivity index (χ1n) is 4.78. The van der Waals surface area contributed by atoms with E-state index in [1.807, 2.05) is 6.92 Å². The van der Waals surface area contributed by atoms with Crippen LogP contribution in [0.3, 0.4) is 0 Å². The topological polar surface area (TPSA) is 67.5 Å². The van der Waals surface area contributed by atoms with Crippen molar-refractivity contribution in [3.8, 4) is 5.75 Å². The van der Waals surface area contributed by atoms with E-state index >= 15 is 0 Å². The molecular weight excluding hydrogens is 208 g/mol. The molecule has 0 saturated carbocycles. The zero-order chi connectivity index (χ0) is 11.9. The zero-order valence-corrected chi connectivity index (χ0v) is 8.90. The van der Waals surface area contributed by atoms with E-state index in [0.717, 1.165) is 5.56 Å². The first-order valence-corrected chi connectivity index (χ1v) is 4.78. The van der Waals surface area contributed by atoms with Crippen LogP contribution in [-0.2, 0) is 0 Å². The summed E-state index contributed by atoms with van der Waals surface area (Å²) < 4.78 is 4.98. The number of hydrogen-bond donors (Lipinski definition) is 1. The van der Waals surface area contributed by atoms with Crippen molar-refractivity contribution in [2.24, 2.45) is 0 Å². The van der Waals surface area contributed by atoms with Crippen LogP contribution in [0.4, 0.5) is 0 Å². The van der Waals surface area contributed by atoms with Gasteiger partial charge >= 0.3 is 5.63 Å². The SMILES string of the molecule is CC(=O)c1c(O)c2ccc(C)cc2oc1=O. The summed E-state index contributed by atoms with van der Waals surface area (Å²) in [5, 5.41) is 10.2. The molecule has 1 heterocycles. The number of Topliss-reactive ketones (excluding diaryl/α,β-unsaturated/α-hetero) is 1. The van der Waals surface area contributed by atoms with Crippen LogP contribution in [0.15, 0.2) is 27.4 Å². The van der Waals surface area contributed by atoms with Gasteiger partial charge in [-0.2, -0.15) is 0 Å². The Morgan fingerprint density at radius 3 is 2.69 bits per heavy atom. The maximum Gasteiger partial charge on any atom is 0.351 e. The minimum absolute atomic E-state index is 0.285. The minimum Gasteiger partial charge on any atom is -0.506 e. The van der Waals surface area contributed by atoms with Gasteiger partial charge in [-0.25, -0.2) is 4.79 Å². The third-order valence-electron chi connectivity index (χ3n) is 2.39. The molecule has 16 heavy (non-hydrogen) atoms. The van der Waals surface area contributed by atoms with E-state index in [4.69, 9.17) is 4.42 Å². The Kier molecular flexibility index (Phi) is 2.27. The summed E-state index contributed by atoms with van der Waals surface area (Å²) in [4.78, 5) is 22.6. The van der Waals surface area contributed by atoms with E-state index < -0.39 is 11.4 Å². The molecule has 4 nitrogen and oxygen atoms in total. The molecule has 82 valence electrons. The predicted octanol–water partition coefficient (Wildman–Crippen LogP) is 2.01. The number of carbonyl (C=O) groups is 1. The highest BCUT2D eigenvalue weighted by atomic mass is 16.4. The fourth-order valence-electron chi connectivity index (χ4n) is 1.60. The van der Waals surface area contributed by atoms with E-state index in [-0.39, 0.29) is 16.9 Å². The summed E-state index contributed by atoms with van der Waals surface area (Å²) in [6.07, 6.45) is 0. The smallest absolute Gasteiger partial charge is 0.351 e. The number of aromatic hydroxyl groups is 1. The number of ketones is 1. The highest BCUT2D eigenvalue weighted by molar-refractivity contribution is 6.01. The minimum atomic E-state index is -0.803. The van der Waals surface area contributed by atoms with Crippen molar-refractivity contribution in [3.05, 3.63) is 39.7 Å². The van der Waals surface area contributed by atoms with E-state index in [2.05, 4.69) is 0 Å². The maximum atomic E-state index is 11.5. The first kappa shape index (κ1) is 10.4. The third kappa shape index (κ3) is 1.48. The second-order valence-electron chi connectivity index (χ2n) is 3.67. The quantitative estimate of drug-likeness (QED) is 0.587. The standard InChI is InChI=1S/C12H10O4/c1-6-3-4-8-9(5-6)16-12(15)10(7(2)13)11(8)14/h3-5,14H,1-2H3. The fourth-order valence-corrected chi connectivity index (χ4v) is 1.60. The summed E-state index contributed by atoms with van der Waals surface area (Å²) in [5.74, 6) is -0.813. The van der Waals surface area contributed by atoms with Crippen LogP contribution < -0.4 is 5.63 Å². The molecular formula is C12H10O4. The van der Waals surface area contributed by atoms with Gasteiger partial charge in [-0.1, -0.05) is 6.07 Å². The normalized spacial score (nSPS) is 10.6. The van der Waals surface area contributed by atoms with Crippen molar-refractivity contribution >= 4 is 16.8 Å². The van der Waals surface area contributed by atoms with Crippen LogP contribution in [0.25, 0.3) is 11.0 Å². The average Bonchev–Trinajstić information content (AvgIpc) is 2.15. The van der Waals surface area contributed by atoms with Gasteiger partial charge < -0.3 is 9.52 Å². The summed E-state index contributed by atoms with van der Waals surface area (Å²) in [5.41, 5.74) is 0.0950. The van der Waals surface area contributed by atoms with Gasteiger partial charge in [0.05, 0.1) is 5.39 Å². The van der Waals surface area contributed by atoms with Crippen molar-refractivity contribution in [1.82, 2.24) is 0 Å². The molecule has 0 radical (unpaired) electrons. The van der Waals surface area contributed by atoms with Gasteiger partial charge in [-0.3, -0.25) is 4.79 Å². The van der Waals surface area contributed by atoms with Gasteiger partial charge in [-0.05, 0) is 31.5 Å². The molecule has 2 aromatic rings. The van der Waals surface area contributed by atoms with Crippen LogP contribution >= 0.6 is 0 Å². The number of hydrogen-bond acceptors (Lipinski definition) is 4. The lowest BCUT2D eigenvalue weighted by Crippen LogP contribution is -2.11. The molecule has 0 aliphatic rings. The summed E-state index contributed by atoms with van der Waals surface area (Å²) in [6.45, 7) is 3.06. The summed E-state index contributed by atoms with van der Waals surface area (Å²) in [6, 6.07) is 5.03. The summed E-state index contributed by atoms with van der Waals surface area (Å²) in [7, 11) is 0. The lowest BCUT2D eigenvalue weighted by molar-refractivity contribution is 0.101. The molecule has 0 fully saturated rings. The van der Waals surface area contributed by atoms with E-state index in [0.29, 0.717) is 5.39 Å². The van der Waals surface area contributed by atoms with E-state index in [9.17, 15) is 14.7 Å². The van der Waals surface area contributed by atoms with Gasteiger partial charge in [-0.15, -0.1) is 0 Å².